The molecule has 2 amide bonds. The molecule has 1 aromatic carbocycles. The van der Waals surface area contributed by atoms with Crippen LogP contribution in [0, 0.1) is 12.7 Å². The first-order valence-corrected chi connectivity index (χ1v) is 10.7. The molecule has 1 saturated heterocycles. The summed E-state index contributed by atoms with van der Waals surface area (Å²) in [5.74, 6) is -2.16. The highest BCUT2D eigenvalue weighted by Crippen LogP contribution is 2.23. The third-order valence-corrected chi connectivity index (χ3v) is 6.26. The van der Waals surface area contributed by atoms with Crippen LogP contribution in [0.1, 0.15) is 12.0 Å². The number of nitrogens with zero attached hydrogens (tertiary/aromatic N) is 2. The van der Waals surface area contributed by atoms with Gasteiger partial charge in [-0.1, -0.05) is 0 Å². The zero-order valence-corrected chi connectivity index (χ0v) is 17.6. The molecule has 0 saturated carbocycles. The van der Waals surface area contributed by atoms with Gasteiger partial charge in [-0.3, -0.25) is 9.59 Å². The molecule has 0 spiro atoms. The number of nitrogens with one attached hydrogen (secondary N) is 2. The summed E-state index contributed by atoms with van der Waals surface area (Å²) in [7, 11) is -0.283. The second-order valence-electron chi connectivity index (χ2n) is 6.97. The number of benzene rings is 1. The lowest BCUT2D eigenvalue weighted by Gasteiger charge is -2.34. The van der Waals surface area contributed by atoms with Crippen LogP contribution in [0.5, 0.6) is 0 Å². The van der Waals surface area contributed by atoms with Gasteiger partial charge in [0.2, 0.25) is 10.0 Å². The van der Waals surface area contributed by atoms with Crippen molar-refractivity contribution in [3.05, 3.63) is 29.6 Å². The first-order valence-electron chi connectivity index (χ1n) is 9.23. The Morgan fingerprint density at radius 1 is 1.28 bits per heavy atom. The maximum absolute atomic E-state index is 13.5. The van der Waals surface area contributed by atoms with Crippen molar-refractivity contribution in [2.45, 2.75) is 24.5 Å². The fraction of sp³-hybridized carbons (Fsp3) is 0.556. The van der Waals surface area contributed by atoms with E-state index in [0.29, 0.717) is 26.1 Å². The second kappa shape index (κ2) is 10.1. The Balaban J connectivity index is 2.02. The third kappa shape index (κ3) is 6.20. The standard InChI is InChI=1S/C18H27FN4O5S/c1-13-11-14(5-6-15(13)19)29(26,27)23-8-4-10-28-16(23)12-21-18(25)17(24)20-7-9-22(2)3/h5-6,11,16H,4,7-10,12H2,1-3H3,(H,20,24)(H,21,25)/t16-/m0/s1. The molecule has 29 heavy (non-hydrogen) atoms. The molecule has 1 fully saturated rings. The number of amides is 2. The summed E-state index contributed by atoms with van der Waals surface area (Å²) < 4.78 is 46.1. The van der Waals surface area contributed by atoms with Crippen LogP contribution in [-0.4, -0.2) is 82.5 Å². The van der Waals surface area contributed by atoms with Crippen LogP contribution in [0.25, 0.3) is 0 Å². The largest absolute Gasteiger partial charge is 0.360 e. The summed E-state index contributed by atoms with van der Waals surface area (Å²) in [4.78, 5) is 25.6. The van der Waals surface area contributed by atoms with Gasteiger partial charge in [-0.2, -0.15) is 4.31 Å². The number of likely N-dealkylation sites (N-methyl/N-ethyl adjacent to an activating group) is 1. The molecular weight excluding hydrogens is 403 g/mol. The number of carbonyl (C=O) groups is 2. The predicted octanol–water partition coefficient (Wildman–Crippen LogP) is -0.335. The quantitative estimate of drug-likeness (QED) is 0.574. The van der Waals surface area contributed by atoms with Gasteiger partial charge in [0.15, 0.2) is 0 Å². The lowest BCUT2D eigenvalue weighted by molar-refractivity contribution is -0.140. The lowest BCUT2D eigenvalue weighted by atomic mass is 10.2. The first-order chi connectivity index (χ1) is 13.6. The molecule has 1 aliphatic rings. The van der Waals surface area contributed by atoms with Crippen molar-refractivity contribution in [3.63, 3.8) is 0 Å². The van der Waals surface area contributed by atoms with Crippen LogP contribution in [-0.2, 0) is 24.3 Å². The Morgan fingerprint density at radius 3 is 2.62 bits per heavy atom. The molecule has 2 N–H and O–H groups in total. The summed E-state index contributed by atoms with van der Waals surface area (Å²) in [5, 5.41) is 4.89. The minimum Gasteiger partial charge on any atom is -0.360 e. The molecule has 0 bridgehead atoms. The normalized spacial score (nSPS) is 17.9. The van der Waals surface area contributed by atoms with E-state index in [1.54, 1.807) is 0 Å². The van der Waals surface area contributed by atoms with Crippen molar-refractivity contribution in [1.29, 1.82) is 0 Å². The van der Waals surface area contributed by atoms with Crippen molar-refractivity contribution in [2.24, 2.45) is 0 Å². The number of halogens is 1. The Labute approximate surface area is 170 Å². The highest BCUT2D eigenvalue weighted by Gasteiger charge is 2.35. The molecule has 0 unspecified atom stereocenters. The zero-order chi connectivity index (χ0) is 21.6. The molecule has 0 radical (unpaired) electrons. The number of carbonyl (C=O) groups excluding carboxylic acids is 2. The van der Waals surface area contributed by atoms with Crippen LogP contribution >= 0.6 is 0 Å². The predicted molar refractivity (Wildman–Crippen MR) is 104 cm³/mol. The van der Waals surface area contributed by atoms with Crippen LogP contribution in [0.3, 0.4) is 0 Å². The van der Waals surface area contributed by atoms with E-state index in [-0.39, 0.29) is 23.5 Å². The van der Waals surface area contributed by atoms with Gasteiger partial charge < -0.3 is 20.3 Å². The van der Waals surface area contributed by atoms with Gasteiger partial charge in [-0.25, -0.2) is 12.8 Å². The van der Waals surface area contributed by atoms with E-state index >= 15 is 0 Å². The van der Waals surface area contributed by atoms with Crippen LogP contribution in [0.2, 0.25) is 0 Å². The van der Waals surface area contributed by atoms with Crippen LogP contribution in [0.4, 0.5) is 4.39 Å². The smallest absolute Gasteiger partial charge is 0.309 e. The molecule has 1 aromatic rings. The minimum absolute atomic E-state index is 0.0559. The zero-order valence-electron chi connectivity index (χ0n) is 16.8. The van der Waals surface area contributed by atoms with Gasteiger partial charge in [-0.05, 0) is 51.2 Å². The second-order valence-corrected chi connectivity index (χ2v) is 8.87. The van der Waals surface area contributed by atoms with E-state index < -0.39 is 33.9 Å². The Bertz CT molecular complexity index is 847. The van der Waals surface area contributed by atoms with E-state index in [1.807, 2.05) is 19.0 Å². The van der Waals surface area contributed by atoms with Gasteiger partial charge in [0.25, 0.3) is 0 Å². The van der Waals surface area contributed by atoms with Gasteiger partial charge in [0.05, 0.1) is 18.0 Å². The minimum atomic E-state index is -3.96. The van der Waals surface area contributed by atoms with Crippen molar-refractivity contribution < 1.29 is 27.1 Å². The maximum atomic E-state index is 13.5. The number of rotatable bonds is 7. The van der Waals surface area contributed by atoms with Gasteiger partial charge in [-0.15, -0.1) is 0 Å². The van der Waals surface area contributed by atoms with E-state index in [0.717, 1.165) is 10.4 Å². The number of hydrogen-bond donors (Lipinski definition) is 2. The number of sulfonamides is 1. The van der Waals surface area contributed by atoms with Gasteiger partial charge in [0, 0.05) is 19.6 Å². The summed E-state index contributed by atoms with van der Waals surface area (Å²) in [6, 6.07) is 3.55. The van der Waals surface area contributed by atoms with E-state index in [4.69, 9.17) is 4.74 Å². The fourth-order valence-electron chi connectivity index (χ4n) is 2.75. The Kier molecular flexibility index (Phi) is 8.08. The molecule has 162 valence electrons. The van der Waals surface area contributed by atoms with E-state index in [2.05, 4.69) is 10.6 Å². The third-order valence-electron chi connectivity index (χ3n) is 4.38. The van der Waals surface area contributed by atoms with Crippen molar-refractivity contribution in [1.82, 2.24) is 19.8 Å². The SMILES string of the molecule is Cc1cc(S(=O)(=O)N2CCCO[C@H]2CNC(=O)C(=O)NCCN(C)C)ccc1F. The monoisotopic (exact) mass is 430 g/mol. The van der Waals surface area contributed by atoms with E-state index in [1.165, 1.54) is 19.1 Å². The Morgan fingerprint density at radius 2 is 1.97 bits per heavy atom. The highest BCUT2D eigenvalue weighted by molar-refractivity contribution is 7.89. The molecule has 0 aliphatic carbocycles. The topological polar surface area (TPSA) is 108 Å². The average molecular weight is 431 g/mol. The average Bonchev–Trinajstić information content (AvgIpc) is 2.67. The summed E-state index contributed by atoms with van der Waals surface area (Å²) in [5.41, 5.74) is 0.211. The number of hydrogen-bond acceptors (Lipinski definition) is 6. The maximum Gasteiger partial charge on any atom is 0.309 e. The molecule has 1 heterocycles. The van der Waals surface area contributed by atoms with Crippen molar-refractivity contribution in [3.8, 4) is 0 Å². The first kappa shape index (κ1) is 23.2. The van der Waals surface area contributed by atoms with Crippen molar-refractivity contribution >= 4 is 21.8 Å². The Hall–Kier alpha value is -2.08. The molecule has 1 aliphatic heterocycles. The summed E-state index contributed by atoms with van der Waals surface area (Å²) in [6.45, 7) is 2.70. The number of ether oxygens (including phenoxy) is 1. The van der Waals surface area contributed by atoms with Gasteiger partial charge in [0.1, 0.15) is 12.0 Å². The molecule has 0 aromatic heterocycles. The highest BCUT2D eigenvalue weighted by atomic mass is 32.2. The molecular formula is C18H27FN4O5S. The molecule has 11 heteroatoms. The van der Waals surface area contributed by atoms with Crippen LogP contribution < -0.4 is 10.6 Å². The lowest BCUT2D eigenvalue weighted by Crippen LogP contribution is -2.53. The molecule has 9 nitrogen and oxygen atoms in total. The number of aryl methyl sites for hydroxylation is 1. The van der Waals surface area contributed by atoms with E-state index in [9.17, 15) is 22.4 Å². The summed E-state index contributed by atoms with van der Waals surface area (Å²) >= 11 is 0. The molecule has 2 rings (SSSR count). The van der Waals surface area contributed by atoms with Gasteiger partial charge >= 0.3 is 11.8 Å². The summed E-state index contributed by atoms with van der Waals surface area (Å²) in [6.07, 6.45) is -0.479. The van der Waals surface area contributed by atoms with Crippen molar-refractivity contribution in [2.75, 3.05) is 46.9 Å². The molecule has 1 atom stereocenters. The van der Waals surface area contributed by atoms with Crippen LogP contribution in [0.15, 0.2) is 23.1 Å². The fourth-order valence-corrected chi connectivity index (χ4v) is 4.40.